The van der Waals surface area contributed by atoms with Crippen LogP contribution < -0.4 is 20.7 Å². The first-order valence-corrected chi connectivity index (χ1v) is 12.0. The van der Waals surface area contributed by atoms with Gasteiger partial charge in [0.2, 0.25) is 0 Å². The van der Waals surface area contributed by atoms with Gasteiger partial charge in [-0.2, -0.15) is 0 Å². The van der Waals surface area contributed by atoms with E-state index in [9.17, 15) is 4.79 Å². The minimum absolute atomic E-state index is 0.00291. The maximum absolute atomic E-state index is 12.8. The first-order chi connectivity index (χ1) is 15.6. The summed E-state index contributed by atoms with van der Waals surface area (Å²) in [5.41, 5.74) is 4.32. The first kappa shape index (κ1) is 22.6. The second-order valence-corrected chi connectivity index (χ2v) is 8.59. The summed E-state index contributed by atoms with van der Waals surface area (Å²) in [6.07, 6.45) is 1.11. The van der Waals surface area contributed by atoms with E-state index in [1.54, 1.807) is 0 Å². The maximum Gasteiger partial charge on any atom is 0.251 e. The minimum atomic E-state index is 0.00291. The lowest BCUT2D eigenvalue weighted by molar-refractivity contribution is 0.0948. The predicted molar refractivity (Wildman–Crippen MR) is 129 cm³/mol. The smallest absolute Gasteiger partial charge is 0.251 e. The topological polar surface area (TPSA) is 65.6 Å². The van der Waals surface area contributed by atoms with Crippen LogP contribution >= 0.6 is 0 Å². The highest BCUT2D eigenvalue weighted by Crippen LogP contribution is 2.47. The number of anilines is 1. The molecule has 1 fully saturated rings. The molecule has 32 heavy (non-hydrogen) atoms. The van der Waals surface area contributed by atoms with E-state index in [0.717, 1.165) is 49.6 Å². The van der Waals surface area contributed by atoms with Crippen molar-refractivity contribution in [3.63, 3.8) is 0 Å². The Bertz CT molecular complexity index is 911. The monoisotopic (exact) mass is 436 g/mol. The summed E-state index contributed by atoms with van der Waals surface area (Å²) < 4.78 is 5.61. The molecule has 2 aromatic carbocycles. The molecule has 0 aliphatic carbocycles. The normalized spacial score (nSPS) is 21.6. The number of hydrogen-bond donors (Lipinski definition) is 3. The molecule has 4 rings (SSSR count). The van der Waals surface area contributed by atoms with E-state index >= 15 is 0 Å². The van der Waals surface area contributed by atoms with E-state index in [1.165, 1.54) is 11.1 Å². The van der Waals surface area contributed by atoms with Crippen LogP contribution in [-0.4, -0.2) is 50.1 Å². The largest absolute Gasteiger partial charge is 0.494 e. The molecule has 2 aromatic rings. The van der Waals surface area contributed by atoms with Gasteiger partial charge in [-0.05, 0) is 74.4 Å². The quantitative estimate of drug-likeness (QED) is 0.555. The van der Waals surface area contributed by atoms with Gasteiger partial charge < -0.3 is 25.6 Å². The Balaban J connectivity index is 1.49. The summed E-state index contributed by atoms with van der Waals surface area (Å²) in [7, 11) is 0. The molecule has 2 heterocycles. The van der Waals surface area contributed by atoms with E-state index in [4.69, 9.17) is 4.74 Å². The molecule has 2 aliphatic rings. The number of nitrogens with one attached hydrogen (secondary N) is 3. The van der Waals surface area contributed by atoms with Crippen molar-refractivity contribution >= 4 is 11.6 Å². The third-order valence-corrected chi connectivity index (χ3v) is 6.82. The number of rotatable bonds is 9. The summed E-state index contributed by atoms with van der Waals surface area (Å²) in [5, 5.41) is 10.5. The zero-order chi connectivity index (χ0) is 22.5. The molecular formula is C26H36N4O2. The fourth-order valence-electron chi connectivity index (χ4n) is 5.03. The lowest BCUT2D eigenvalue weighted by Crippen LogP contribution is -2.35. The van der Waals surface area contributed by atoms with Crippen LogP contribution in [-0.2, 0) is 0 Å². The molecule has 1 amide bonds. The van der Waals surface area contributed by atoms with Crippen molar-refractivity contribution in [2.75, 3.05) is 44.6 Å². The predicted octanol–water partition coefficient (Wildman–Crippen LogP) is 3.97. The number of benzene rings is 2. The molecule has 2 aliphatic heterocycles. The van der Waals surface area contributed by atoms with Crippen LogP contribution in [0.5, 0.6) is 5.75 Å². The Kier molecular flexibility index (Phi) is 7.33. The van der Waals surface area contributed by atoms with E-state index in [-0.39, 0.29) is 18.0 Å². The number of carbonyl (C=O) groups excluding carboxylic acids is 1. The lowest BCUT2D eigenvalue weighted by atomic mass is 9.80. The van der Waals surface area contributed by atoms with Gasteiger partial charge in [0.15, 0.2) is 0 Å². The Morgan fingerprint density at radius 1 is 1.09 bits per heavy atom. The lowest BCUT2D eigenvalue weighted by Gasteiger charge is -2.37. The first-order valence-electron chi connectivity index (χ1n) is 12.0. The van der Waals surface area contributed by atoms with Gasteiger partial charge in [-0.1, -0.05) is 26.0 Å². The van der Waals surface area contributed by atoms with Crippen LogP contribution in [0.2, 0.25) is 0 Å². The van der Waals surface area contributed by atoms with Gasteiger partial charge in [0.1, 0.15) is 5.75 Å². The van der Waals surface area contributed by atoms with Crippen molar-refractivity contribution in [3.8, 4) is 5.75 Å². The average Bonchev–Trinajstić information content (AvgIpc) is 3.32. The number of fused-ring (bicyclic) bond motifs is 3. The Hall–Kier alpha value is -2.57. The van der Waals surface area contributed by atoms with Gasteiger partial charge in [-0.25, -0.2) is 0 Å². The van der Waals surface area contributed by atoms with E-state index in [0.29, 0.717) is 19.1 Å². The molecule has 0 bridgehead atoms. The summed E-state index contributed by atoms with van der Waals surface area (Å²) in [4.78, 5) is 15.1. The molecule has 3 N–H and O–H groups in total. The fraction of sp³-hybridized carbons (Fsp3) is 0.500. The van der Waals surface area contributed by atoms with Crippen LogP contribution in [0.3, 0.4) is 0 Å². The van der Waals surface area contributed by atoms with Crippen LogP contribution in [0.25, 0.3) is 0 Å². The van der Waals surface area contributed by atoms with E-state index in [1.807, 2.05) is 13.0 Å². The van der Waals surface area contributed by atoms with E-state index < -0.39 is 0 Å². The van der Waals surface area contributed by atoms with Crippen LogP contribution in [0.4, 0.5) is 5.69 Å². The molecule has 0 spiro atoms. The molecule has 172 valence electrons. The van der Waals surface area contributed by atoms with E-state index in [2.05, 4.69) is 71.1 Å². The van der Waals surface area contributed by atoms with Crippen LogP contribution in [0.1, 0.15) is 60.8 Å². The molecular weight excluding hydrogens is 400 g/mol. The van der Waals surface area contributed by atoms with Gasteiger partial charge in [0.05, 0.1) is 12.6 Å². The number of hydrogen-bond acceptors (Lipinski definition) is 5. The van der Waals surface area contributed by atoms with Crippen molar-refractivity contribution in [2.24, 2.45) is 5.92 Å². The maximum atomic E-state index is 12.8. The summed E-state index contributed by atoms with van der Waals surface area (Å²) in [5.74, 6) is 1.36. The van der Waals surface area contributed by atoms with Gasteiger partial charge in [-0.15, -0.1) is 0 Å². The standard InChI is InChI=1S/C26H36N4O2/c1-4-30(5-2)16-15-28-26(31)19-9-12-23-22(17-19)25-21(13-14-27-25)24(29-23)18-7-10-20(11-8-18)32-6-3/h7-12,17,21,24-25,27,29H,4-6,13-16H2,1-3H3,(H,28,31)/t21-,24?,25-/m0/s1. The molecule has 3 atom stereocenters. The SMILES string of the molecule is CCOc1ccc(C2Nc3ccc(C(=O)NCCN(CC)CC)cc3[C@H]3NCC[C@@H]23)cc1. The third-order valence-electron chi connectivity index (χ3n) is 6.82. The molecule has 0 radical (unpaired) electrons. The van der Waals surface area contributed by atoms with Gasteiger partial charge in [0, 0.05) is 36.3 Å². The third kappa shape index (κ3) is 4.76. The number of carbonyl (C=O) groups is 1. The Labute approximate surface area is 191 Å². The number of ether oxygens (including phenoxy) is 1. The summed E-state index contributed by atoms with van der Waals surface area (Å²) in [6.45, 7) is 11.5. The second kappa shape index (κ2) is 10.4. The van der Waals surface area contributed by atoms with Gasteiger partial charge in [0.25, 0.3) is 5.91 Å². The molecule has 0 saturated carbocycles. The summed E-state index contributed by atoms with van der Waals surface area (Å²) >= 11 is 0. The highest BCUT2D eigenvalue weighted by atomic mass is 16.5. The van der Waals surface area contributed by atoms with Crippen LogP contribution in [0.15, 0.2) is 42.5 Å². The number of nitrogens with zero attached hydrogens (tertiary/aromatic N) is 1. The highest BCUT2D eigenvalue weighted by Gasteiger charge is 2.40. The Morgan fingerprint density at radius 3 is 2.59 bits per heavy atom. The van der Waals surface area contributed by atoms with Crippen molar-refractivity contribution < 1.29 is 9.53 Å². The van der Waals surface area contributed by atoms with Crippen molar-refractivity contribution in [1.82, 2.24) is 15.5 Å². The van der Waals surface area contributed by atoms with Crippen molar-refractivity contribution in [2.45, 2.75) is 39.3 Å². The fourth-order valence-corrected chi connectivity index (χ4v) is 5.03. The Morgan fingerprint density at radius 2 is 1.88 bits per heavy atom. The number of amides is 1. The molecule has 1 saturated heterocycles. The van der Waals surface area contributed by atoms with Crippen molar-refractivity contribution in [1.29, 1.82) is 0 Å². The average molecular weight is 437 g/mol. The van der Waals surface area contributed by atoms with Crippen LogP contribution in [0, 0.1) is 5.92 Å². The zero-order valence-corrected chi connectivity index (χ0v) is 19.5. The van der Waals surface area contributed by atoms with Crippen molar-refractivity contribution in [3.05, 3.63) is 59.2 Å². The van der Waals surface area contributed by atoms with Gasteiger partial charge in [-0.3, -0.25) is 4.79 Å². The molecule has 6 nitrogen and oxygen atoms in total. The minimum Gasteiger partial charge on any atom is -0.494 e. The number of likely N-dealkylation sites (N-methyl/N-ethyl adjacent to an activating group) is 1. The van der Waals surface area contributed by atoms with Gasteiger partial charge >= 0.3 is 0 Å². The highest BCUT2D eigenvalue weighted by molar-refractivity contribution is 5.95. The summed E-state index contributed by atoms with van der Waals surface area (Å²) in [6, 6.07) is 15.0. The molecule has 6 heteroatoms. The molecule has 1 unspecified atom stereocenters. The second-order valence-electron chi connectivity index (χ2n) is 8.59. The zero-order valence-electron chi connectivity index (χ0n) is 19.5. The molecule has 0 aromatic heterocycles.